The van der Waals surface area contributed by atoms with E-state index in [-0.39, 0.29) is 5.78 Å². The lowest BCUT2D eigenvalue weighted by Crippen LogP contribution is -2.02. The van der Waals surface area contributed by atoms with Gasteiger partial charge in [0.2, 0.25) is 0 Å². The third-order valence-electron chi connectivity index (χ3n) is 3.06. The van der Waals surface area contributed by atoms with Crippen LogP contribution in [0.1, 0.15) is 15.9 Å². The molecule has 0 aliphatic rings. The van der Waals surface area contributed by atoms with Crippen LogP contribution < -0.4 is 4.74 Å². The van der Waals surface area contributed by atoms with Crippen molar-refractivity contribution in [3.8, 4) is 11.5 Å². The molecule has 3 aromatic rings. The van der Waals surface area contributed by atoms with E-state index in [2.05, 4.69) is 4.98 Å². The van der Waals surface area contributed by atoms with Gasteiger partial charge in [-0.05, 0) is 36.4 Å². The number of carbonyl (C=O) groups is 1. The smallest absolute Gasteiger partial charge is 0.194 e. The number of carbonyl (C=O) groups excluding carboxylic acids is 1. The molecule has 3 rings (SSSR count). The molecular formula is C18H12ClNO2. The highest BCUT2D eigenvalue weighted by Gasteiger charge is 2.10. The molecule has 1 aromatic heterocycles. The summed E-state index contributed by atoms with van der Waals surface area (Å²) in [7, 11) is 0. The maximum Gasteiger partial charge on any atom is 0.194 e. The van der Waals surface area contributed by atoms with Crippen LogP contribution in [-0.4, -0.2) is 10.8 Å². The van der Waals surface area contributed by atoms with Crippen molar-refractivity contribution >= 4 is 17.4 Å². The lowest BCUT2D eigenvalue weighted by molar-refractivity contribution is 0.103. The van der Waals surface area contributed by atoms with Gasteiger partial charge in [0.1, 0.15) is 16.7 Å². The first-order chi connectivity index (χ1) is 10.7. The van der Waals surface area contributed by atoms with Crippen LogP contribution in [0.5, 0.6) is 11.5 Å². The van der Waals surface area contributed by atoms with E-state index < -0.39 is 0 Å². The molecular weight excluding hydrogens is 298 g/mol. The Morgan fingerprint density at radius 1 is 0.864 bits per heavy atom. The summed E-state index contributed by atoms with van der Waals surface area (Å²) in [6.07, 6.45) is 1.47. The molecule has 0 bridgehead atoms. The molecule has 0 atom stereocenters. The third kappa shape index (κ3) is 3.32. The number of rotatable bonds is 4. The summed E-state index contributed by atoms with van der Waals surface area (Å²) in [5.41, 5.74) is 1.03. The second-order valence-electron chi connectivity index (χ2n) is 4.64. The van der Waals surface area contributed by atoms with Crippen LogP contribution >= 0.6 is 11.6 Å². The topological polar surface area (TPSA) is 39.2 Å². The predicted octanol–water partition coefficient (Wildman–Crippen LogP) is 4.76. The fourth-order valence-electron chi connectivity index (χ4n) is 2.00. The second-order valence-corrected chi connectivity index (χ2v) is 5.03. The zero-order chi connectivity index (χ0) is 15.4. The van der Waals surface area contributed by atoms with Crippen molar-refractivity contribution in [1.82, 2.24) is 4.98 Å². The second kappa shape index (κ2) is 6.41. The van der Waals surface area contributed by atoms with Crippen molar-refractivity contribution in [2.45, 2.75) is 0 Å². The number of aromatic nitrogens is 1. The van der Waals surface area contributed by atoms with Crippen molar-refractivity contribution in [1.29, 1.82) is 0 Å². The van der Waals surface area contributed by atoms with Crippen LogP contribution in [0.2, 0.25) is 5.15 Å². The van der Waals surface area contributed by atoms with E-state index in [9.17, 15) is 4.79 Å². The van der Waals surface area contributed by atoms with Crippen molar-refractivity contribution < 1.29 is 9.53 Å². The number of pyridine rings is 1. The monoisotopic (exact) mass is 309 g/mol. The van der Waals surface area contributed by atoms with Gasteiger partial charge in [-0.1, -0.05) is 41.9 Å². The number of ketones is 1. The Morgan fingerprint density at radius 2 is 1.64 bits per heavy atom. The zero-order valence-electron chi connectivity index (χ0n) is 11.6. The van der Waals surface area contributed by atoms with Crippen LogP contribution in [0.25, 0.3) is 0 Å². The molecule has 3 nitrogen and oxygen atoms in total. The molecule has 0 radical (unpaired) electrons. The molecule has 0 aliphatic heterocycles. The Balaban J connectivity index is 1.84. The van der Waals surface area contributed by atoms with Crippen molar-refractivity contribution in [3.05, 3.63) is 89.2 Å². The number of halogens is 1. The van der Waals surface area contributed by atoms with Gasteiger partial charge >= 0.3 is 0 Å². The molecule has 22 heavy (non-hydrogen) atoms. The fourth-order valence-corrected chi connectivity index (χ4v) is 2.11. The summed E-state index contributed by atoms with van der Waals surface area (Å²) in [4.78, 5) is 16.4. The highest BCUT2D eigenvalue weighted by atomic mass is 35.5. The maximum atomic E-state index is 12.4. The molecule has 4 heteroatoms. The normalized spacial score (nSPS) is 10.2. The Morgan fingerprint density at radius 3 is 2.36 bits per heavy atom. The van der Waals surface area contributed by atoms with E-state index >= 15 is 0 Å². The van der Waals surface area contributed by atoms with E-state index in [1.54, 1.807) is 30.3 Å². The van der Waals surface area contributed by atoms with Gasteiger partial charge in [0, 0.05) is 17.3 Å². The molecule has 2 aromatic carbocycles. The number of para-hydroxylation sites is 1. The van der Waals surface area contributed by atoms with Gasteiger partial charge in [0.15, 0.2) is 5.78 Å². The van der Waals surface area contributed by atoms with Crippen molar-refractivity contribution in [3.63, 3.8) is 0 Å². The summed E-state index contributed by atoms with van der Waals surface area (Å²) < 4.78 is 5.74. The predicted molar refractivity (Wildman–Crippen MR) is 85.6 cm³/mol. The largest absolute Gasteiger partial charge is 0.457 e. The number of benzene rings is 2. The molecule has 108 valence electrons. The first-order valence-corrected chi connectivity index (χ1v) is 7.09. The van der Waals surface area contributed by atoms with Gasteiger partial charge < -0.3 is 4.74 Å². The highest BCUT2D eigenvalue weighted by Crippen LogP contribution is 2.23. The first-order valence-electron chi connectivity index (χ1n) is 6.71. The van der Waals surface area contributed by atoms with Crippen LogP contribution in [0.3, 0.4) is 0 Å². The molecule has 0 aliphatic carbocycles. The van der Waals surface area contributed by atoms with E-state index in [0.29, 0.717) is 22.0 Å². The van der Waals surface area contributed by atoms with Gasteiger partial charge in [-0.15, -0.1) is 0 Å². The lowest BCUT2D eigenvalue weighted by Gasteiger charge is -2.07. The van der Waals surface area contributed by atoms with Gasteiger partial charge in [0.05, 0.1) is 0 Å². The van der Waals surface area contributed by atoms with E-state index in [4.69, 9.17) is 16.3 Å². The molecule has 0 saturated carbocycles. The Labute approximate surface area is 133 Å². The number of nitrogens with zero attached hydrogens (tertiary/aromatic N) is 1. The first kappa shape index (κ1) is 14.3. The minimum Gasteiger partial charge on any atom is -0.457 e. The van der Waals surface area contributed by atoms with Crippen LogP contribution in [0.15, 0.2) is 72.9 Å². The third-order valence-corrected chi connectivity index (χ3v) is 3.29. The summed E-state index contributed by atoms with van der Waals surface area (Å²) in [6.45, 7) is 0. The van der Waals surface area contributed by atoms with Gasteiger partial charge in [-0.25, -0.2) is 4.98 Å². The van der Waals surface area contributed by atoms with Gasteiger partial charge in [-0.2, -0.15) is 0 Å². The molecule has 0 unspecified atom stereocenters. The zero-order valence-corrected chi connectivity index (χ0v) is 12.3. The van der Waals surface area contributed by atoms with E-state index in [0.717, 1.165) is 5.75 Å². The van der Waals surface area contributed by atoms with E-state index in [1.807, 2.05) is 36.4 Å². The average molecular weight is 310 g/mol. The summed E-state index contributed by atoms with van der Waals surface area (Å²) in [5.74, 6) is 1.21. The SMILES string of the molecule is O=C(c1ccc(Cl)nc1)c1cccc(Oc2ccccc2)c1. The lowest BCUT2D eigenvalue weighted by atomic mass is 10.1. The van der Waals surface area contributed by atoms with E-state index in [1.165, 1.54) is 6.20 Å². The fraction of sp³-hybridized carbons (Fsp3) is 0. The minimum atomic E-state index is -0.123. The molecule has 0 amide bonds. The van der Waals surface area contributed by atoms with Crippen LogP contribution in [0.4, 0.5) is 0 Å². The average Bonchev–Trinajstić information content (AvgIpc) is 2.56. The summed E-state index contributed by atoms with van der Waals surface area (Å²) >= 11 is 5.74. The molecule has 0 saturated heterocycles. The summed E-state index contributed by atoms with van der Waals surface area (Å²) in [5, 5.41) is 0.359. The van der Waals surface area contributed by atoms with Gasteiger partial charge in [-0.3, -0.25) is 4.79 Å². The minimum absolute atomic E-state index is 0.123. The molecule has 0 fully saturated rings. The Hall–Kier alpha value is -2.65. The van der Waals surface area contributed by atoms with Crippen molar-refractivity contribution in [2.24, 2.45) is 0 Å². The standard InChI is InChI=1S/C18H12ClNO2/c19-17-10-9-14(12-20-17)18(21)13-5-4-8-16(11-13)22-15-6-2-1-3-7-15/h1-12H. The molecule has 1 heterocycles. The highest BCUT2D eigenvalue weighted by molar-refractivity contribution is 6.29. The van der Waals surface area contributed by atoms with Crippen LogP contribution in [0, 0.1) is 0 Å². The Bertz CT molecular complexity index is 786. The van der Waals surface area contributed by atoms with Gasteiger partial charge in [0.25, 0.3) is 0 Å². The Kier molecular flexibility index (Phi) is 4.17. The molecule has 0 spiro atoms. The maximum absolute atomic E-state index is 12.4. The molecule has 0 N–H and O–H groups in total. The summed E-state index contributed by atoms with van der Waals surface area (Å²) in [6, 6.07) is 19.7. The quantitative estimate of drug-likeness (QED) is 0.515. The number of hydrogen-bond acceptors (Lipinski definition) is 3. The number of ether oxygens (including phenoxy) is 1. The van der Waals surface area contributed by atoms with Crippen LogP contribution in [-0.2, 0) is 0 Å². The van der Waals surface area contributed by atoms with Crippen molar-refractivity contribution in [2.75, 3.05) is 0 Å². The number of hydrogen-bond donors (Lipinski definition) is 0.